The van der Waals surface area contributed by atoms with Crippen LogP contribution in [0.4, 0.5) is 11.4 Å². The Kier molecular flexibility index (Phi) is 8.41. The molecule has 1 unspecified atom stereocenters. The molecule has 0 saturated carbocycles. The highest BCUT2D eigenvalue weighted by Gasteiger charge is 2.33. The van der Waals surface area contributed by atoms with Gasteiger partial charge in [0.2, 0.25) is 5.91 Å². The summed E-state index contributed by atoms with van der Waals surface area (Å²) in [5.74, 6) is -0.157. The molecular weight excluding hydrogens is 464 g/mol. The van der Waals surface area contributed by atoms with E-state index >= 15 is 0 Å². The van der Waals surface area contributed by atoms with Gasteiger partial charge in [-0.3, -0.25) is 14.4 Å². The van der Waals surface area contributed by atoms with Crippen molar-refractivity contribution in [2.75, 3.05) is 30.3 Å². The Bertz CT molecular complexity index is 1100. The van der Waals surface area contributed by atoms with Crippen molar-refractivity contribution in [3.63, 3.8) is 0 Å². The number of piperidine rings is 1. The van der Waals surface area contributed by atoms with Crippen LogP contribution in [0.1, 0.15) is 49.4 Å². The van der Waals surface area contributed by atoms with Crippen LogP contribution in [0, 0.1) is 0 Å². The molecule has 8 nitrogen and oxygen atoms in total. The molecule has 2 aliphatic rings. The minimum absolute atomic E-state index is 0.0567. The van der Waals surface area contributed by atoms with E-state index in [-0.39, 0.29) is 24.1 Å². The molecule has 0 aromatic heterocycles. The molecule has 0 spiro atoms. The maximum Gasteiger partial charge on any atom is 0.262 e. The smallest absolute Gasteiger partial charge is 0.262 e. The summed E-state index contributed by atoms with van der Waals surface area (Å²) >= 11 is 1.38. The average molecular weight is 495 g/mol. The highest BCUT2D eigenvalue weighted by molar-refractivity contribution is 8.15. The maximum atomic E-state index is 12.7. The van der Waals surface area contributed by atoms with E-state index in [1.165, 1.54) is 18.2 Å². The fraction of sp³-hybridized carbons (Fsp3) is 0.385. The van der Waals surface area contributed by atoms with E-state index in [0.717, 1.165) is 37.5 Å². The monoisotopic (exact) mass is 494 g/mol. The Morgan fingerprint density at radius 3 is 2.54 bits per heavy atom. The summed E-state index contributed by atoms with van der Waals surface area (Å²) in [5, 5.41) is 5.93. The standard InChI is InChI=1S/C26H30N4O4S/c1-2-16-34-21-9-5-4-8-20(21)28-24(32)18-10-12-19(13-11-18)27-23(31)17-22-25(33)29-26(35-22)30-14-6-3-7-15-30/h4-5,8-13,22H,2-3,6-7,14-17H2,1H3,(H,27,31)(H,28,32). The highest BCUT2D eigenvalue weighted by Crippen LogP contribution is 2.29. The Labute approximate surface area is 209 Å². The number of hydrogen-bond donors (Lipinski definition) is 2. The van der Waals surface area contributed by atoms with Crippen LogP contribution in [-0.2, 0) is 9.59 Å². The minimum atomic E-state index is -0.494. The van der Waals surface area contributed by atoms with E-state index < -0.39 is 5.25 Å². The predicted octanol–water partition coefficient (Wildman–Crippen LogP) is 4.54. The van der Waals surface area contributed by atoms with Crippen molar-refractivity contribution in [2.24, 2.45) is 4.99 Å². The van der Waals surface area contributed by atoms with E-state index in [4.69, 9.17) is 4.74 Å². The zero-order chi connectivity index (χ0) is 24.6. The number of anilines is 2. The summed E-state index contributed by atoms with van der Waals surface area (Å²) in [6, 6.07) is 13.9. The molecule has 2 aromatic rings. The number of carbonyl (C=O) groups excluding carboxylic acids is 3. The molecular formula is C26H30N4O4S. The molecule has 1 saturated heterocycles. The second-order valence-electron chi connectivity index (χ2n) is 8.52. The van der Waals surface area contributed by atoms with Crippen molar-refractivity contribution in [2.45, 2.75) is 44.3 Å². The lowest BCUT2D eigenvalue weighted by Crippen LogP contribution is -2.33. The predicted molar refractivity (Wildman–Crippen MR) is 139 cm³/mol. The van der Waals surface area contributed by atoms with Crippen molar-refractivity contribution < 1.29 is 19.1 Å². The molecule has 184 valence electrons. The lowest BCUT2D eigenvalue weighted by molar-refractivity contribution is -0.121. The second-order valence-corrected chi connectivity index (χ2v) is 9.69. The number of aliphatic imine (C=N–C) groups is 1. The third-order valence-corrected chi connectivity index (χ3v) is 6.97. The molecule has 4 rings (SSSR count). The molecule has 9 heteroatoms. The number of carbonyl (C=O) groups is 3. The van der Waals surface area contributed by atoms with Gasteiger partial charge in [-0.1, -0.05) is 30.8 Å². The number of amides is 3. The van der Waals surface area contributed by atoms with Crippen LogP contribution in [0.3, 0.4) is 0 Å². The highest BCUT2D eigenvalue weighted by atomic mass is 32.2. The van der Waals surface area contributed by atoms with Gasteiger partial charge in [0.05, 0.1) is 12.3 Å². The maximum absolute atomic E-state index is 12.7. The normalized spacial score (nSPS) is 17.6. The Hall–Kier alpha value is -3.33. The molecule has 0 aliphatic carbocycles. The van der Waals surface area contributed by atoms with Gasteiger partial charge in [-0.15, -0.1) is 0 Å². The summed E-state index contributed by atoms with van der Waals surface area (Å²) in [6.45, 7) is 4.41. The molecule has 35 heavy (non-hydrogen) atoms. The van der Waals surface area contributed by atoms with Gasteiger partial charge in [0.15, 0.2) is 5.17 Å². The number of likely N-dealkylation sites (tertiary alicyclic amines) is 1. The number of ether oxygens (including phenoxy) is 1. The fourth-order valence-electron chi connectivity index (χ4n) is 3.92. The number of benzene rings is 2. The van der Waals surface area contributed by atoms with Gasteiger partial charge in [0.25, 0.3) is 11.8 Å². The first-order valence-corrected chi connectivity index (χ1v) is 12.9. The van der Waals surface area contributed by atoms with Crippen LogP contribution in [0.15, 0.2) is 53.5 Å². The van der Waals surface area contributed by atoms with Crippen molar-refractivity contribution in [1.82, 2.24) is 4.90 Å². The number of rotatable bonds is 8. The van der Waals surface area contributed by atoms with Gasteiger partial charge in [-0.05, 0) is 62.1 Å². The van der Waals surface area contributed by atoms with Crippen LogP contribution in [-0.4, -0.2) is 52.7 Å². The van der Waals surface area contributed by atoms with Gasteiger partial charge in [0.1, 0.15) is 11.0 Å². The first-order chi connectivity index (χ1) is 17.0. The Morgan fingerprint density at radius 1 is 1.06 bits per heavy atom. The molecule has 3 amide bonds. The van der Waals surface area contributed by atoms with E-state index in [1.54, 1.807) is 30.3 Å². The first-order valence-electron chi connectivity index (χ1n) is 12.0. The van der Waals surface area contributed by atoms with E-state index in [1.807, 2.05) is 25.1 Å². The number of hydrogen-bond acceptors (Lipinski definition) is 6. The number of amidine groups is 1. The number of nitrogens with one attached hydrogen (secondary N) is 2. The largest absolute Gasteiger partial charge is 0.491 e. The van der Waals surface area contributed by atoms with Gasteiger partial charge in [-0.2, -0.15) is 4.99 Å². The van der Waals surface area contributed by atoms with Crippen molar-refractivity contribution in [3.8, 4) is 5.75 Å². The molecule has 2 aliphatic heterocycles. The molecule has 2 aromatic carbocycles. The number of nitrogens with zero attached hydrogens (tertiary/aromatic N) is 2. The zero-order valence-corrected chi connectivity index (χ0v) is 20.6. The first kappa shape index (κ1) is 24.8. The Balaban J connectivity index is 1.29. The van der Waals surface area contributed by atoms with Crippen molar-refractivity contribution in [3.05, 3.63) is 54.1 Å². The quantitative estimate of drug-likeness (QED) is 0.559. The van der Waals surface area contributed by atoms with Crippen molar-refractivity contribution >= 4 is 46.0 Å². The van der Waals surface area contributed by atoms with Gasteiger partial charge in [0, 0.05) is 30.8 Å². The molecule has 1 fully saturated rings. The molecule has 1 atom stereocenters. The summed E-state index contributed by atoms with van der Waals surface area (Å²) in [7, 11) is 0. The van der Waals surface area contributed by atoms with Crippen LogP contribution in [0.25, 0.3) is 0 Å². The number of thioether (sulfide) groups is 1. The minimum Gasteiger partial charge on any atom is -0.491 e. The molecule has 0 radical (unpaired) electrons. The van der Waals surface area contributed by atoms with Gasteiger partial charge in [-0.25, -0.2) is 0 Å². The van der Waals surface area contributed by atoms with Crippen LogP contribution >= 0.6 is 11.8 Å². The molecule has 2 heterocycles. The van der Waals surface area contributed by atoms with E-state index in [0.29, 0.717) is 29.3 Å². The fourth-order valence-corrected chi connectivity index (χ4v) is 5.03. The summed E-state index contributed by atoms with van der Waals surface area (Å²) in [4.78, 5) is 43.9. The topological polar surface area (TPSA) is 100 Å². The van der Waals surface area contributed by atoms with Crippen LogP contribution in [0.5, 0.6) is 5.75 Å². The lowest BCUT2D eigenvalue weighted by Gasteiger charge is -2.27. The third-order valence-electron chi connectivity index (χ3n) is 5.75. The van der Waals surface area contributed by atoms with Crippen LogP contribution < -0.4 is 15.4 Å². The number of para-hydroxylation sites is 2. The van der Waals surface area contributed by atoms with E-state index in [9.17, 15) is 14.4 Å². The third kappa shape index (κ3) is 6.63. The summed E-state index contributed by atoms with van der Waals surface area (Å²) in [5.41, 5.74) is 1.62. The van der Waals surface area contributed by atoms with Crippen molar-refractivity contribution in [1.29, 1.82) is 0 Å². The average Bonchev–Trinajstić information content (AvgIpc) is 3.24. The zero-order valence-electron chi connectivity index (χ0n) is 19.8. The van der Waals surface area contributed by atoms with E-state index in [2.05, 4.69) is 20.5 Å². The molecule has 2 N–H and O–H groups in total. The van der Waals surface area contributed by atoms with Gasteiger partial charge < -0.3 is 20.3 Å². The Morgan fingerprint density at radius 2 is 1.80 bits per heavy atom. The molecule has 0 bridgehead atoms. The van der Waals surface area contributed by atoms with Gasteiger partial charge >= 0.3 is 0 Å². The lowest BCUT2D eigenvalue weighted by atomic mass is 10.1. The summed E-state index contributed by atoms with van der Waals surface area (Å²) in [6.07, 6.45) is 4.34. The summed E-state index contributed by atoms with van der Waals surface area (Å²) < 4.78 is 5.69. The second kappa shape index (κ2) is 11.9. The van der Waals surface area contributed by atoms with Crippen LogP contribution in [0.2, 0.25) is 0 Å². The SMILES string of the molecule is CCCOc1ccccc1NC(=O)c1ccc(NC(=O)CC2SC(N3CCCCC3)=NC2=O)cc1.